The molecule has 3 aromatic rings. The Morgan fingerprint density at radius 1 is 0.889 bits per heavy atom. The third kappa shape index (κ3) is 4.64. The summed E-state index contributed by atoms with van der Waals surface area (Å²) in [7, 11) is 4.02. The van der Waals surface area contributed by atoms with Gasteiger partial charge in [-0.15, -0.1) is 0 Å². The highest BCUT2D eigenvalue weighted by Crippen LogP contribution is 2.20. The van der Waals surface area contributed by atoms with Gasteiger partial charge in [0.05, 0.1) is 11.9 Å². The van der Waals surface area contributed by atoms with Gasteiger partial charge in [-0.25, -0.2) is 4.98 Å². The number of amides is 1. The van der Waals surface area contributed by atoms with E-state index in [0.29, 0.717) is 11.4 Å². The van der Waals surface area contributed by atoms with Crippen LogP contribution >= 0.6 is 0 Å². The SMILES string of the molecule is Cc1ccc(C(=O)Nc2ccc(Nc3ccc(N(C)C)cc3)cn2)cc1C. The zero-order valence-electron chi connectivity index (χ0n) is 16.1. The number of carbonyl (C=O) groups excluding carboxylic acids is 1. The lowest BCUT2D eigenvalue weighted by Gasteiger charge is -2.13. The molecule has 3 rings (SSSR count). The van der Waals surface area contributed by atoms with Crippen LogP contribution in [0.2, 0.25) is 0 Å². The van der Waals surface area contributed by atoms with Gasteiger partial charge in [0.15, 0.2) is 0 Å². The molecule has 0 aliphatic carbocycles. The molecule has 138 valence electrons. The van der Waals surface area contributed by atoms with Crippen molar-refractivity contribution in [2.45, 2.75) is 13.8 Å². The number of carbonyl (C=O) groups is 1. The van der Waals surface area contributed by atoms with Gasteiger partial charge in [0.25, 0.3) is 5.91 Å². The minimum atomic E-state index is -0.161. The molecule has 1 amide bonds. The van der Waals surface area contributed by atoms with Gasteiger partial charge >= 0.3 is 0 Å². The number of rotatable bonds is 5. The predicted molar refractivity (Wildman–Crippen MR) is 112 cm³/mol. The smallest absolute Gasteiger partial charge is 0.256 e. The van der Waals surface area contributed by atoms with E-state index in [-0.39, 0.29) is 5.91 Å². The van der Waals surface area contributed by atoms with Crippen LogP contribution in [0.5, 0.6) is 0 Å². The molecule has 0 radical (unpaired) electrons. The Morgan fingerprint density at radius 3 is 2.19 bits per heavy atom. The average Bonchev–Trinajstić information content (AvgIpc) is 2.66. The van der Waals surface area contributed by atoms with Gasteiger partial charge in [-0.3, -0.25) is 4.79 Å². The maximum absolute atomic E-state index is 12.4. The first-order valence-corrected chi connectivity index (χ1v) is 8.81. The molecule has 0 unspecified atom stereocenters. The Kier molecular flexibility index (Phi) is 5.41. The van der Waals surface area contributed by atoms with Crippen LogP contribution in [-0.4, -0.2) is 25.0 Å². The van der Waals surface area contributed by atoms with Crippen molar-refractivity contribution in [2.24, 2.45) is 0 Å². The fraction of sp³-hybridized carbons (Fsp3) is 0.182. The first kappa shape index (κ1) is 18.5. The normalized spacial score (nSPS) is 10.4. The number of nitrogens with zero attached hydrogens (tertiary/aromatic N) is 2. The number of hydrogen-bond acceptors (Lipinski definition) is 4. The van der Waals surface area contributed by atoms with Gasteiger partial charge in [0.2, 0.25) is 0 Å². The molecule has 2 N–H and O–H groups in total. The number of aromatic nitrogens is 1. The zero-order valence-corrected chi connectivity index (χ0v) is 16.1. The van der Waals surface area contributed by atoms with E-state index in [1.54, 1.807) is 12.3 Å². The van der Waals surface area contributed by atoms with E-state index in [0.717, 1.165) is 22.6 Å². The number of aryl methyl sites for hydroxylation is 2. The molecule has 5 heteroatoms. The highest BCUT2D eigenvalue weighted by atomic mass is 16.1. The third-order valence-electron chi connectivity index (χ3n) is 4.45. The summed E-state index contributed by atoms with van der Waals surface area (Å²) in [5, 5.41) is 6.13. The van der Waals surface area contributed by atoms with Gasteiger partial charge in [-0.2, -0.15) is 0 Å². The summed E-state index contributed by atoms with van der Waals surface area (Å²) >= 11 is 0. The number of benzene rings is 2. The second-order valence-electron chi connectivity index (χ2n) is 6.75. The van der Waals surface area contributed by atoms with E-state index < -0.39 is 0 Å². The highest BCUT2D eigenvalue weighted by Gasteiger charge is 2.08. The van der Waals surface area contributed by atoms with Crippen LogP contribution in [0.3, 0.4) is 0 Å². The molecule has 2 aromatic carbocycles. The Morgan fingerprint density at radius 2 is 1.59 bits per heavy atom. The largest absolute Gasteiger partial charge is 0.378 e. The van der Waals surface area contributed by atoms with Crippen LogP contribution in [0.15, 0.2) is 60.8 Å². The van der Waals surface area contributed by atoms with Crippen LogP contribution in [0.25, 0.3) is 0 Å². The monoisotopic (exact) mass is 360 g/mol. The Bertz CT molecular complexity index is 932. The lowest BCUT2D eigenvalue weighted by molar-refractivity contribution is 0.102. The Labute approximate surface area is 160 Å². The molecule has 0 spiro atoms. The van der Waals surface area contributed by atoms with Crippen LogP contribution in [0, 0.1) is 13.8 Å². The molecule has 1 heterocycles. The Hall–Kier alpha value is -3.34. The van der Waals surface area contributed by atoms with Crippen LogP contribution < -0.4 is 15.5 Å². The lowest BCUT2D eigenvalue weighted by atomic mass is 10.1. The quantitative estimate of drug-likeness (QED) is 0.689. The third-order valence-corrected chi connectivity index (χ3v) is 4.45. The van der Waals surface area contributed by atoms with Crippen molar-refractivity contribution in [3.05, 3.63) is 77.5 Å². The van der Waals surface area contributed by atoms with Crippen molar-refractivity contribution in [1.82, 2.24) is 4.98 Å². The molecular weight excluding hydrogens is 336 g/mol. The van der Waals surface area contributed by atoms with Gasteiger partial charge in [0, 0.05) is 31.0 Å². The van der Waals surface area contributed by atoms with E-state index in [4.69, 9.17) is 0 Å². The van der Waals surface area contributed by atoms with Crippen LogP contribution in [0.1, 0.15) is 21.5 Å². The van der Waals surface area contributed by atoms with E-state index in [1.807, 2.05) is 76.5 Å². The minimum Gasteiger partial charge on any atom is -0.378 e. The fourth-order valence-electron chi connectivity index (χ4n) is 2.62. The molecule has 0 atom stereocenters. The van der Waals surface area contributed by atoms with E-state index in [1.165, 1.54) is 5.56 Å². The molecule has 0 aliphatic heterocycles. The summed E-state index contributed by atoms with van der Waals surface area (Å²) in [6, 6.07) is 17.5. The first-order chi connectivity index (χ1) is 12.9. The van der Waals surface area contributed by atoms with E-state index >= 15 is 0 Å². The van der Waals surface area contributed by atoms with Crippen molar-refractivity contribution in [3.63, 3.8) is 0 Å². The Balaban J connectivity index is 1.64. The van der Waals surface area contributed by atoms with Crippen molar-refractivity contribution < 1.29 is 4.79 Å². The van der Waals surface area contributed by atoms with Gasteiger partial charge in [-0.05, 0) is 73.5 Å². The first-order valence-electron chi connectivity index (χ1n) is 8.81. The standard InChI is InChI=1S/C22H24N4O/c1-15-5-6-17(13-16(15)2)22(27)25-21-12-9-19(14-23-21)24-18-7-10-20(11-8-18)26(3)4/h5-14,24H,1-4H3,(H,23,25,27). The number of nitrogens with one attached hydrogen (secondary N) is 2. The summed E-state index contributed by atoms with van der Waals surface area (Å²) in [6.07, 6.45) is 1.70. The highest BCUT2D eigenvalue weighted by molar-refractivity contribution is 6.03. The molecule has 0 bridgehead atoms. The second-order valence-corrected chi connectivity index (χ2v) is 6.75. The maximum atomic E-state index is 12.4. The van der Waals surface area contributed by atoms with Crippen molar-refractivity contribution in [1.29, 1.82) is 0 Å². The van der Waals surface area contributed by atoms with Crippen molar-refractivity contribution >= 4 is 28.8 Å². The lowest BCUT2D eigenvalue weighted by Crippen LogP contribution is -2.13. The molecule has 27 heavy (non-hydrogen) atoms. The van der Waals surface area contributed by atoms with Crippen molar-refractivity contribution in [3.8, 4) is 0 Å². The van der Waals surface area contributed by atoms with Gasteiger partial charge < -0.3 is 15.5 Å². The predicted octanol–water partition coefficient (Wildman–Crippen LogP) is 4.76. The summed E-state index contributed by atoms with van der Waals surface area (Å²) in [4.78, 5) is 18.7. The number of hydrogen-bond donors (Lipinski definition) is 2. The second kappa shape index (κ2) is 7.91. The average molecular weight is 360 g/mol. The van der Waals surface area contributed by atoms with Crippen LogP contribution in [0.4, 0.5) is 22.9 Å². The maximum Gasteiger partial charge on any atom is 0.256 e. The number of pyridine rings is 1. The number of anilines is 4. The summed E-state index contributed by atoms with van der Waals surface area (Å²) < 4.78 is 0. The molecule has 0 saturated heterocycles. The molecule has 0 aliphatic rings. The molecule has 5 nitrogen and oxygen atoms in total. The molecule has 0 fully saturated rings. The summed E-state index contributed by atoms with van der Waals surface area (Å²) in [6.45, 7) is 4.02. The molecular formula is C22H24N4O. The van der Waals surface area contributed by atoms with Crippen LogP contribution in [-0.2, 0) is 0 Å². The fourth-order valence-corrected chi connectivity index (χ4v) is 2.62. The molecule has 1 aromatic heterocycles. The van der Waals surface area contributed by atoms with E-state index in [2.05, 4.69) is 20.5 Å². The van der Waals surface area contributed by atoms with Gasteiger partial charge in [-0.1, -0.05) is 6.07 Å². The zero-order chi connectivity index (χ0) is 19.4. The molecule has 0 saturated carbocycles. The summed E-state index contributed by atoms with van der Waals surface area (Å²) in [5.74, 6) is 0.359. The van der Waals surface area contributed by atoms with Crippen molar-refractivity contribution in [2.75, 3.05) is 29.6 Å². The van der Waals surface area contributed by atoms with E-state index in [9.17, 15) is 4.79 Å². The summed E-state index contributed by atoms with van der Waals surface area (Å²) in [5.41, 5.74) is 5.87. The van der Waals surface area contributed by atoms with Gasteiger partial charge in [0.1, 0.15) is 5.82 Å². The minimum absolute atomic E-state index is 0.161. The topological polar surface area (TPSA) is 57.3 Å².